The third-order valence-corrected chi connectivity index (χ3v) is 5.28. The maximum Gasteiger partial charge on any atom is 0.225 e. The lowest BCUT2D eigenvalue weighted by molar-refractivity contribution is -0.131. The van der Waals surface area contributed by atoms with E-state index in [1.807, 2.05) is 11.0 Å². The molecule has 0 radical (unpaired) electrons. The Morgan fingerprint density at radius 1 is 1.15 bits per heavy atom. The van der Waals surface area contributed by atoms with Crippen LogP contribution < -0.4 is 10.2 Å². The molecule has 1 N–H and O–H groups in total. The lowest BCUT2D eigenvalue weighted by atomic mass is 9.93. The minimum Gasteiger partial charge on any atom is -0.356 e. The molecular weight excluding hydrogens is 342 g/mol. The van der Waals surface area contributed by atoms with Gasteiger partial charge in [-0.25, -0.2) is 9.97 Å². The lowest BCUT2D eigenvalue weighted by Crippen LogP contribution is -2.50. The molecule has 1 amide bonds. The van der Waals surface area contributed by atoms with Crippen LogP contribution in [0.5, 0.6) is 0 Å². The van der Waals surface area contributed by atoms with E-state index in [9.17, 15) is 4.79 Å². The number of nitrogens with zero attached hydrogens (tertiary/aromatic N) is 6. The number of carbonyl (C=O) groups excluding carboxylic acids is 1. The fourth-order valence-electron chi connectivity index (χ4n) is 3.68. The van der Waals surface area contributed by atoms with Gasteiger partial charge in [-0.05, 0) is 17.9 Å². The van der Waals surface area contributed by atoms with Crippen molar-refractivity contribution in [1.29, 1.82) is 0 Å². The van der Waals surface area contributed by atoms with Gasteiger partial charge >= 0.3 is 0 Å². The number of nitrogens with one attached hydrogen (secondary N) is 1. The number of anilines is 1. The summed E-state index contributed by atoms with van der Waals surface area (Å²) in [5.41, 5.74) is 0.329. The van der Waals surface area contributed by atoms with Gasteiger partial charge in [0, 0.05) is 71.7 Å². The lowest BCUT2D eigenvalue weighted by Gasteiger charge is -2.34. The highest BCUT2D eigenvalue weighted by Crippen LogP contribution is 2.28. The van der Waals surface area contributed by atoms with Crippen molar-refractivity contribution in [2.24, 2.45) is 10.4 Å². The summed E-state index contributed by atoms with van der Waals surface area (Å²) < 4.78 is 0. The molecular formula is C19H31N7O. The van der Waals surface area contributed by atoms with Crippen LogP contribution in [0.3, 0.4) is 0 Å². The quantitative estimate of drug-likeness (QED) is 0.622. The topological polar surface area (TPSA) is 77.0 Å². The molecule has 0 spiro atoms. The fourth-order valence-corrected chi connectivity index (χ4v) is 3.68. The molecule has 0 atom stereocenters. The molecule has 8 nitrogen and oxygen atoms in total. The van der Waals surface area contributed by atoms with E-state index in [2.05, 4.69) is 43.9 Å². The second kappa shape index (κ2) is 8.54. The summed E-state index contributed by atoms with van der Waals surface area (Å²) in [6.07, 6.45) is 5.15. The normalized spacial score (nSPS) is 20.1. The molecule has 0 unspecified atom stereocenters. The number of guanidine groups is 1. The summed E-state index contributed by atoms with van der Waals surface area (Å²) in [6, 6.07) is 1.81. The second-order valence-corrected chi connectivity index (χ2v) is 7.98. The molecule has 0 saturated carbocycles. The Morgan fingerprint density at radius 3 is 2.44 bits per heavy atom. The van der Waals surface area contributed by atoms with Gasteiger partial charge in [0.25, 0.3) is 0 Å². The van der Waals surface area contributed by atoms with Crippen molar-refractivity contribution in [2.75, 3.05) is 57.8 Å². The van der Waals surface area contributed by atoms with Crippen LogP contribution in [0.1, 0.15) is 26.7 Å². The van der Waals surface area contributed by atoms with Crippen LogP contribution >= 0.6 is 0 Å². The number of rotatable bonds is 4. The number of piperazine rings is 1. The molecule has 2 fully saturated rings. The van der Waals surface area contributed by atoms with Crippen LogP contribution in [0.4, 0.5) is 5.95 Å². The summed E-state index contributed by atoms with van der Waals surface area (Å²) in [5, 5.41) is 3.35. The fraction of sp³-hybridized carbons (Fsp3) is 0.684. The van der Waals surface area contributed by atoms with Gasteiger partial charge in [-0.1, -0.05) is 13.8 Å². The van der Waals surface area contributed by atoms with E-state index in [1.54, 1.807) is 19.4 Å². The van der Waals surface area contributed by atoms with Gasteiger partial charge in [0.1, 0.15) is 0 Å². The Bertz CT molecular complexity index is 653. The van der Waals surface area contributed by atoms with Crippen molar-refractivity contribution >= 4 is 17.8 Å². The summed E-state index contributed by atoms with van der Waals surface area (Å²) in [4.78, 5) is 31.8. The van der Waals surface area contributed by atoms with Gasteiger partial charge in [0.15, 0.2) is 5.96 Å². The van der Waals surface area contributed by atoms with Gasteiger partial charge in [0.05, 0.1) is 0 Å². The smallest absolute Gasteiger partial charge is 0.225 e. The van der Waals surface area contributed by atoms with Crippen molar-refractivity contribution in [3.8, 4) is 0 Å². The highest BCUT2D eigenvalue weighted by molar-refractivity contribution is 5.81. The van der Waals surface area contributed by atoms with Crippen molar-refractivity contribution in [3.05, 3.63) is 18.5 Å². The van der Waals surface area contributed by atoms with E-state index < -0.39 is 0 Å². The highest BCUT2D eigenvalue weighted by Gasteiger charge is 2.31. The number of hydrogen-bond donors (Lipinski definition) is 1. The summed E-state index contributed by atoms with van der Waals surface area (Å²) in [5.74, 6) is 1.83. The first kappa shape index (κ1) is 19.4. The van der Waals surface area contributed by atoms with E-state index in [0.29, 0.717) is 31.5 Å². The predicted molar refractivity (Wildman–Crippen MR) is 107 cm³/mol. The molecule has 0 aromatic carbocycles. The number of carbonyl (C=O) groups is 1. The molecule has 8 heteroatoms. The SMILES string of the molecule is CN=C(NCCC(=O)N1CCN(c2ncccn2)CC1)N1CCC(C)(C)C1. The average Bonchev–Trinajstić information content (AvgIpc) is 3.05. The van der Waals surface area contributed by atoms with Gasteiger partial charge in [-0.15, -0.1) is 0 Å². The minimum absolute atomic E-state index is 0.188. The molecule has 1 aromatic rings. The predicted octanol–water partition coefficient (Wildman–Crippen LogP) is 0.823. The van der Waals surface area contributed by atoms with E-state index in [1.165, 1.54) is 6.42 Å². The first-order valence-electron chi connectivity index (χ1n) is 9.74. The van der Waals surface area contributed by atoms with Gasteiger partial charge < -0.3 is 20.0 Å². The number of aliphatic imine (C=N–C) groups is 1. The van der Waals surface area contributed by atoms with E-state index in [-0.39, 0.29) is 5.91 Å². The van der Waals surface area contributed by atoms with Crippen molar-refractivity contribution in [1.82, 2.24) is 25.1 Å². The number of hydrogen-bond acceptors (Lipinski definition) is 5. The van der Waals surface area contributed by atoms with Crippen LogP contribution in [-0.4, -0.2) is 84.5 Å². The Hall–Kier alpha value is -2.38. The Balaban J connectivity index is 1.40. The molecule has 3 rings (SSSR count). The number of likely N-dealkylation sites (tertiary alicyclic amines) is 1. The largest absolute Gasteiger partial charge is 0.356 e. The summed E-state index contributed by atoms with van der Waals surface area (Å²) in [7, 11) is 1.81. The van der Waals surface area contributed by atoms with E-state index in [4.69, 9.17) is 0 Å². The monoisotopic (exact) mass is 373 g/mol. The Morgan fingerprint density at radius 2 is 1.85 bits per heavy atom. The van der Waals surface area contributed by atoms with Crippen LogP contribution in [0, 0.1) is 5.41 Å². The molecule has 1 aromatic heterocycles. The zero-order valence-electron chi connectivity index (χ0n) is 16.7. The summed E-state index contributed by atoms with van der Waals surface area (Å²) in [6.45, 7) is 10.2. The maximum absolute atomic E-state index is 12.5. The third kappa shape index (κ3) is 5.08. The number of aromatic nitrogens is 2. The molecule has 2 aliphatic rings. The van der Waals surface area contributed by atoms with E-state index >= 15 is 0 Å². The van der Waals surface area contributed by atoms with Crippen LogP contribution in [-0.2, 0) is 4.79 Å². The van der Waals surface area contributed by atoms with Gasteiger partial charge in [-0.3, -0.25) is 9.79 Å². The zero-order chi connectivity index (χ0) is 19.3. The highest BCUT2D eigenvalue weighted by atomic mass is 16.2. The van der Waals surface area contributed by atoms with Crippen LogP contribution in [0.25, 0.3) is 0 Å². The molecule has 2 aliphatic heterocycles. The van der Waals surface area contributed by atoms with Gasteiger partial charge in [0.2, 0.25) is 11.9 Å². The van der Waals surface area contributed by atoms with Crippen molar-refractivity contribution < 1.29 is 4.79 Å². The van der Waals surface area contributed by atoms with E-state index in [0.717, 1.165) is 38.1 Å². The molecule has 27 heavy (non-hydrogen) atoms. The first-order chi connectivity index (χ1) is 13.0. The number of amides is 1. The molecule has 2 saturated heterocycles. The van der Waals surface area contributed by atoms with Crippen LogP contribution in [0.2, 0.25) is 0 Å². The van der Waals surface area contributed by atoms with Crippen molar-refractivity contribution in [3.63, 3.8) is 0 Å². The van der Waals surface area contributed by atoms with Crippen molar-refractivity contribution in [2.45, 2.75) is 26.7 Å². The maximum atomic E-state index is 12.5. The molecule has 0 aliphatic carbocycles. The second-order valence-electron chi connectivity index (χ2n) is 7.98. The molecule has 0 bridgehead atoms. The zero-order valence-corrected chi connectivity index (χ0v) is 16.7. The van der Waals surface area contributed by atoms with Gasteiger partial charge in [-0.2, -0.15) is 0 Å². The standard InChI is InChI=1S/C19H31N7O/c1-19(2)6-10-26(15-19)17(20-3)23-9-5-16(27)24-11-13-25(14-12-24)18-21-7-4-8-22-18/h4,7-8H,5-6,9-15H2,1-3H3,(H,20,23). The molecule has 148 valence electrons. The minimum atomic E-state index is 0.188. The average molecular weight is 374 g/mol. The molecule has 3 heterocycles. The Labute approximate surface area is 161 Å². The Kier molecular flexibility index (Phi) is 6.13. The third-order valence-electron chi connectivity index (χ3n) is 5.28. The summed E-state index contributed by atoms with van der Waals surface area (Å²) >= 11 is 0. The van der Waals surface area contributed by atoms with Crippen LogP contribution in [0.15, 0.2) is 23.5 Å². The first-order valence-corrected chi connectivity index (χ1v) is 9.74.